The summed E-state index contributed by atoms with van der Waals surface area (Å²) in [6.07, 6.45) is -3.64. The summed E-state index contributed by atoms with van der Waals surface area (Å²) in [7, 11) is 0. The first-order valence-corrected chi connectivity index (χ1v) is 8.09. The number of alkyl halides is 3. The van der Waals surface area contributed by atoms with Crippen LogP contribution in [0.3, 0.4) is 0 Å². The number of rotatable bonds is 4. The van der Waals surface area contributed by atoms with Crippen LogP contribution in [0.1, 0.15) is 16.1 Å². The van der Waals surface area contributed by atoms with E-state index in [0.29, 0.717) is 6.07 Å². The number of nitrogens with one attached hydrogen (secondary N) is 2. The van der Waals surface area contributed by atoms with E-state index in [1.165, 1.54) is 12.3 Å². The molecule has 3 rings (SSSR count). The largest absolute Gasteiger partial charge is 0.435 e. The Kier molecular flexibility index (Phi) is 5.50. The van der Waals surface area contributed by atoms with Crippen molar-refractivity contribution >= 4 is 23.2 Å². The second kappa shape index (κ2) is 7.87. The fourth-order valence-corrected chi connectivity index (χ4v) is 2.35. The van der Waals surface area contributed by atoms with Gasteiger partial charge in [-0.2, -0.15) is 13.2 Å². The molecule has 0 spiro atoms. The molecule has 0 saturated carbocycles. The number of H-pyrrole nitrogens is 1. The Morgan fingerprint density at radius 2 is 1.90 bits per heavy atom. The predicted molar refractivity (Wildman–Crippen MR) is 93.5 cm³/mol. The van der Waals surface area contributed by atoms with Crippen LogP contribution in [0.25, 0.3) is 0 Å². The lowest BCUT2D eigenvalue weighted by Crippen LogP contribution is -2.18. The number of aromatic amines is 1. The molecule has 0 fully saturated rings. The molecule has 2 aromatic heterocycles. The van der Waals surface area contributed by atoms with E-state index in [9.17, 15) is 27.2 Å². The Balaban J connectivity index is 2.01. The van der Waals surface area contributed by atoms with Crippen molar-refractivity contribution in [3.05, 3.63) is 75.0 Å². The summed E-state index contributed by atoms with van der Waals surface area (Å²) in [4.78, 5) is 26.2. The summed E-state index contributed by atoms with van der Waals surface area (Å²) >= 11 is 5.83. The van der Waals surface area contributed by atoms with Gasteiger partial charge in [-0.1, -0.05) is 11.6 Å². The number of benzene rings is 1. The molecule has 0 radical (unpaired) electrons. The first-order valence-electron chi connectivity index (χ1n) is 7.71. The molecule has 0 unspecified atom stereocenters. The van der Waals surface area contributed by atoms with Crippen molar-refractivity contribution in [2.45, 2.75) is 6.18 Å². The number of pyridine rings is 1. The van der Waals surface area contributed by atoms with Crippen molar-refractivity contribution in [2.75, 3.05) is 5.32 Å². The van der Waals surface area contributed by atoms with E-state index in [4.69, 9.17) is 16.3 Å². The highest BCUT2D eigenvalue weighted by molar-refractivity contribution is 6.32. The first kappa shape index (κ1) is 20.3. The Hall–Kier alpha value is -3.47. The predicted octanol–water partition coefficient (Wildman–Crippen LogP) is 4.02. The number of nitrogens with zero attached hydrogens (tertiary/aromatic N) is 2. The molecule has 0 aliphatic carbocycles. The fraction of sp³-hybridized carbons (Fsp3) is 0.0588. The molecule has 7 nitrogen and oxygen atoms in total. The van der Waals surface area contributed by atoms with E-state index in [1.54, 1.807) is 0 Å². The molecule has 2 N–H and O–H groups in total. The van der Waals surface area contributed by atoms with Gasteiger partial charge in [-0.15, -0.1) is 10.2 Å². The minimum Gasteiger partial charge on any atom is -0.435 e. The van der Waals surface area contributed by atoms with Gasteiger partial charge in [0.15, 0.2) is 5.69 Å². The maximum Gasteiger partial charge on any atom is 0.435 e. The van der Waals surface area contributed by atoms with Gasteiger partial charge in [0.25, 0.3) is 11.8 Å². The van der Waals surface area contributed by atoms with Gasteiger partial charge in [-0.25, -0.2) is 4.39 Å². The summed E-state index contributed by atoms with van der Waals surface area (Å²) < 4.78 is 57.4. The lowest BCUT2D eigenvalue weighted by molar-refractivity contribution is -0.141. The monoisotopic (exact) mass is 428 g/mol. The third kappa shape index (κ3) is 4.88. The van der Waals surface area contributed by atoms with Crippen molar-refractivity contribution in [3.63, 3.8) is 0 Å². The van der Waals surface area contributed by atoms with Gasteiger partial charge in [0.2, 0.25) is 5.56 Å². The van der Waals surface area contributed by atoms with Gasteiger partial charge >= 0.3 is 6.18 Å². The van der Waals surface area contributed by atoms with Gasteiger partial charge < -0.3 is 15.0 Å². The van der Waals surface area contributed by atoms with E-state index in [2.05, 4.69) is 20.5 Å². The fourth-order valence-electron chi connectivity index (χ4n) is 2.14. The van der Waals surface area contributed by atoms with Crippen LogP contribution < -0.4 is 15.6 Å². The molecule has 3 aromatic rings. The summed E-state index contributed by atoms with van der Waals surface area (Å²) in [5.41, 5.74) is -2.59. The van der Waals surface area contributed by atoms with Gasteiger partial charge in [0.1, 0.15) is 17.1 Å². The third-order valence-corrected chi connectivity index (χ3v) is 3.72. The van der Waals surface area contributed by atoms with Crippen LogP contribution in [0, 0.1) is 5.82 Å². The number of halogens is 5. The molecule has 0 atom stereocenters. The zero-order valence-corrected chi connectivity index (χ0v) is 14.8. The summed E-state index contributed by atoms with van der Waals surface area (Å²) in [6.45, 7) is 0. The number of anilines is 1. The van der Waals surface area contributed by atoms with Crippen molar-refractivity contribution in [1.82, 2.24) is 15.2 Å². The van der Waals surface area contributed by atoms with Crippen LogP contribution in [0.15, 0.2) is 47.4 Å². The highest BCUT2D eigenvalue weighted by atomic mass is 35.5. The van der Waals surface area contributed by atoms with E-state index in [0.717, 1.165) is 24.3 Å². The lowest BCUT2D eigenvalue weighted by Gasteiger charge is -2.13. The Morgan fingerprint density at radius 1 is 1.14 bits per heavy atom. The molecule has 1 aromatic carbocycles. The Labute approximate surface area is 164 Å². The number of carbonyl (C=O) groups is 1. The van der Waals surface area contributed by atoms with Crippen molar-refractivity contribution in [3.8, 4) is 11.6 Å². The van der Waals surface area contributed by atoms with Crippen LogP contribution in [0.4, 0.5) is 23.2 Å². The van der Waals surface area contributed by atoms with E-state index >= 15 is 0 Å². The van der Waals surface area contributed by atoms with Crippen molar-refractivity contribution in [2.24, 2.45) is 0 Å². The van der Waals surface area contributed by atoms with E-state index in [1.807, 2.05) is 0 Å². The second-order valence-electron chi connectivity index (χ2n) is 5.52. The number of hydrogen-bond donors (Lipinski definition) is 2. The average Bonchev–Trinajstić information content (AvgIpc) is 2.63. The maximum absolute atomic E-state index is 13.2. The highest BCUT2D eigenvalue weighted by Crippen LogP contribution is 2.33. The first-order chi connectivity index (χ1) is 13.6. The standard InChI is InChI=1S/C17H9ClF4N4O3/c18-11-5-8(19)1-2-12(11)29-16-10(7-13(25-26-16)17(20,21)22)15(28)24-9-3-4-23-14(27)6-9/h1-7H,(H2,23,24,27,28). The third-order valence-electron chi connectivity index (χ3n) is 3.43. The van der Waals surface area contributed by atoms with E-state index < -0.39 is 40.6 Å². The molecule has 150 valence electrons. The molecule has 29 heavy (non-hydrogen) atoms. The molecule has 0 aliphatic heterocycles. The van der Waals surface area contributed by atoms with Crippen molar-refractivity contribution in [1.29, 1.82) is 0 Å². The van der Waals surface area contributed by atoms with Crippen LogP contribution in [-0.2, 0) is 6.18 Å². The van der Waals surface area contributed by atoms with Crippen LogP contribution >= 0.6 is 11.6 Å². The average molecular weight is 429 g/mol. The number of ether oxygens (including phenoxy) is 1. The SMILES string of the molecule is O=C(Nc1cc[nH]c(=O)c1)c1cc(C(F)(F)F)nnc1Oc1ccc(F)cc1Cl. The van der Waals surface area contributed by atoms with Crippen molar-refractivity contribution < 1.29 is 27.1 Å². The molecule has 0 saturated heterocycles. The number of carbonyl (C=O) groups excluding carboxylic acids is 1. The zero-order chi connectivity index (χ0) is 21.2. The quantitative estimate of drug-likeness (QED) is 0.612. The van der Waals surface area contributed by atoms with Crippen LogP contribution in [0.5, 0.6) is 11.6 Å². The Bertz CT molecular complexity index is 1130. The minimum absolute atomic E-state index is 0.0230. The molecule has 12 heteroatoms. The molecule has 2 heterocycles. The smallest absolute Gasteiger partial charge is 0.435 e. The molecule has 0 bridgehead atoms. The second-order valence-corrected chi connectivity index (χ2v) is 5.93. The highest BCUT2D eigenvalue weighted by Gasteiger charge is 2.35. The number of hydrogen-bond acceptors (Lipinski definition) is 5. The van der Waals surface area contributed by atoms with Crippen LogP contribution in [0.2, 0.25) is 5.02 Å². The Morgan fingerprint density at radius 3 is 2.55 bits per heavy atom. The topological polar surface area (TPSA) is 97.0 Å². The molecule has 0 aliphatic rings. The number of aromatic nitrogens is 3. The van der Waals surface area contributed by atoms with Gasteiger partial charge in [-0.3, -0.25) is 9.59 Å². The van der Waals surface area contributed by atoms with E-state index in [-0.39, 0.29) is 16.5 Å². The molecular formula is C17H9ClF4N4O3. The molecular weight excluding hydrogens is 420 g/mol. The zero-order valence-electron chi connectivity index (χ0n) is 14.1. The normalized spacial score (nSPS) is 11.2. The lowest BCUT2D eigenvalue weighted by atomic mass is 10.2. The molecule has 1 amide bonds. The number of amides is 1. The van der Waals surface area contributed by atoms with Gasteiger partial charge in [-0.05, 0) is 30.3 Å². The summed E-state index contributed by atoms with van der Waals surface area (Å²) in [6, 6.07) is 5.78. The summed E-state index contributed by atoms with van der Waals surface area (Å²) in [5, 5.41) is 8.38. The van der Waals surface area contributed by atoms with Crippen LogP contribution in [-0.4, -0.2) is 21.1 Å². The van der Waals surface area contributed by atoms with Gasteiger partial charge in [0, 0.05) is 18.0 Å². The van der Waals surface area contributed by atoms with Gasteiger partial charge in [0.05, 0.1) is 5.02 Å². The minimum atomic E-state index is -4.88. The summed E-state index contributed by atoms with van der Waals surface area (Å²) in [5.74, 6) is -2.49. The maximum atomic E-state index is 13.2.